The maximum absolute atomic E-state index is 12.3. The van der Waals surface area contributed by atoms with Gasteiger partial charge in [0.25, 0.3) is 0 Å². The van der Waals surface area contributed by atoms with E-state index < -0.39 is 0 Å². The first-order valence-electron chi connectivity index (χ1n) is 7.69. The van der Waals surface area contributed by atoms with Crippen molar-refractivity contribution in [2.24, 2.45) is 11.8 Å². The Kier molecular flexibility index (Phi) is 4.18. The van der Waals surface area contributed by atoms with Crippen LogP contribution >= 0.6 is 0 Å². The van der Waals surface area contributed by atoms with E-state index >= 15 is 0 Å². The van der Waals surface area contributed by atoms with E-state index in [-0.39, 0.29) is 12.5 Å². The third kappa shape index (κ3) is 2.79. The Morgan fingerprint density at radius 3 is 2.80 bits per heavy atom. The van der Waals surface area contributed by atoms with Crippen LogP contribution in [0, 0.1) is 11.8 Å². The summed E-state index contributed by atoms with van der Waals surface area (Å²) in [6.07, 6.45) is 3.63. The second-order valence-corrected chi connectivity index (χ2v) is 6.20. The molecule has 1 aromatic carbocycles. The molecule has 20 heavy (non-hydrogen) atoms. The zero-order valence-corrected chi connectivity index (χ0v) is 11.9. The van der Waals surface area contributed by atoms with Crippen molar-refractivity contribution in [1.29, 1.82) is 0 Å². The van der Waals surface area contributed by atoms with Gasteiger partial charge in [-0.3, -0.25) is 9.69 Å². The number of aliphatic hydroxyl groups is 1. The van der Waals surface area contributed by atoms with E-state index in [0.717, 1.165) is 32.4 Å². The molecule has 1 N–H and O–H groups in total. The second-order valence-electron chi connectivity index (χ2n) is 6.20. The topological polar surface area (TPSA) is 40.5 Å². The zero-order chi connectivity index (χ0) is 13.9. The van der Waals surface area contributed by atoms with Crippen molar-refractivity contribution in [3.05, 3.63) is 35.9 Å². The minimum absolute atomic E-state index is 0.0419. The highest BCUT2D eigenvalue weighted by molar-refractivity contribution is 5.83. The highest BCUT2D eigenvalue weighted by Crippen LogP contribution is 2.38. The summed E-state index contributed by atoms with van der Waals surface area (Å²) in [5.74, 6) is 0.993. The first-order valence-corrected chi connectivity index (χ1v) is 7.69. The predicted molar refractivity (Wildman–Crippen MR) is 78.2 cm³/mol. The number of aliphatic hydroxyl groups excluding tert-OH is 1. The molecule has 1 saturated heterocycles. The van der Waals surface area contributed by atoms with Crippen molar-refractivity contribution < 1.29 is 9.90 Å². The molecule has 1 saturated carbocycles. The van der Waals surface area contributed by atoms with Crippen molar-refractivity contribution in [3.63, 3.8) is 0 Å². The molecular formula is C17H23NO2. The minimum Gasteiger partial charge on any atom is -0.396 e. The first-order chi connectivity index (χ1) is 9.78. The predicted octanol–water partition coefficient (Wildman–Crippen LogP) is 2.24. The number of hydrogen-bond acceptors (Lipinski definition) is 3. The van der Waals surface area contributed by atoms with E-state index in [1.165, 1.54) is 5.56 Å². The number of nitrogens with zero attached hydrogens (tertiary/aromatic N) is 1. The summed E-state index contributed by atoms with van der Waals surface area (Å²) in [7, 11) is 0. The van der Waals surface area contributed by atoms with Crippen LogP contribution in [0.3, 0.4) is 0 Å². The summed E-state index contributed by atoms with van der Waals surface area (Å²) in [6, 6.07) is 10.8. The summed E-state index contributed by atoms with van der Waals surface area (Å²) in [6.45, 7) is 2.13. The number of carbonyl (C=O) groups is 1. The molecule has 3 rings (SSSR count). The molecule has 1 heterocycles. The van der Waals surface area contributed by atoms with Crippen LogP contribution in [0.2, 0.25) is 0 Å². The number of likely N-dealkylation sites (tertiary alicyclic amines) is 1. The van der Waals surface area contributed by atoms with E-state index in [9.17, 15) is 9.90 Å². The van der Waals surface area contributed by atoms with E-state index in [1.54, 1.807) is 0 Å². The highest BCUT2D eigenvalue weighted by atomic mass is 16.3. The molecule has 0 unspecified atom stereocenters. The molecular weight excluding hydrogens is 250 g/mol. The largest absolute Gasteiger partial charge is 0.396 e. The zero-order valence-electron chi connectivity index (χ0n) is 11.9. The maximum Gasteiger partial charge on any atom is 0.137 e. The molecule has 0 aromatic heterocycles. The molecule has 3 atom stereocenters. The smallest absolute Gasteiger partial charge is 0.137 e. The number of Topliss-reactive ketones (excluding diaryl/α,β-unsaturated/α-hetero) is 1. The summed E-state index contributed by atoms with van der Waals surface area (Å²) in [5, 5.41) is 9.24. The van der Waals surface area contributed by atoms with Gasteiger partial charge in [-0.05, 0) is 37.3 Å². The van der Waals surface area contributed by atoms with E-state index in [4.69, 9.17) is 0 Å². The molecule has 3 nitrogen and oxygen atoms in total. The Bertz CT molecular complexity index is 459. The lowest BCUT2D eigenvalue weighted by atomic mass is 9.71. The molecule has 1 aliphatic heterocycles. The SMILES string of the molecule is O=C1C[C@H]2CCN(Cc3ccccc3)[C@H](C2)[C@@H]1CCO. The van der Waals surface area contributed by atoms with Gasteiger partial charge in [0.1, 0.15) is 5.78 Å². The van der Waals surface area contributed by atoms with Crippen LogP contribution < -0.4 is 0 Å². The summed E-state index contributed by atoms with van der Waals surface area (Å²) in [5.41, 5.74) is 1.31. The summed E-state index contributed by atoms with van der Waals surface area (Å²) in [4.78, 5) is 14.7. The van der Waals surface area contributed by atoms with Crippen molar-refractivity contribution >= 4 is 5.78 Å². The molecule has 2 fully saturated rings. The molecule has 2 aliphatic rings. The van der Waals surface area contributed by atoms with E-state index in [0.29, 0.717) is 24.2 Å². The Balaban J connectivity index is 1.75. The van der Waals surface area contributed by atoms with Crippen LogP contribution in [-0.2, 0) is 11.3 Å². The van der Waals surface area contributed by atoms with Gasteiger partial charge >= 0.3 is 0 Å². The Hall–Kier alpha value is -1.19. The summed E-state index contributed by atoms with van der Waals surface area (Å²) < 4.78 is 0. The van der Waals surface area contributed by atoms with Gasteiger partial charge in [0.05, 0.1) is 0 Å². The van der Waals surface area contributed by atoms with Crippen LogP contribution in [-0.4, -0.2) is 35.0 Å². The number of carbonyl (C=O) groups excluding carboxylic acids is 1. The fourth-order valence-corrected chi connectivity index (χ4v) is 3.88. The monoisotopic (exact) mass is 273 g/mol. The van der Waals surface area contributed by atoms with E-state index in [1.807, 2.05) is 6.07 Å². The van der Waals surface area contributed by atoms with Gasteiger partial charge in [0.2, 0.25) is 0 Å². The Labute approximate surface area is 120 Å². The number of ketones is 1. The molecule has 1 aromatic rings. The van der Waals surface area contributed by atoms with Gasteiger partial charge in [-0.2, -0.15) is 0 Å². The molecule has 1 aliphatic carbocycles. The second kappa shape index (κ2) is 6.06. The normalized spacial score (nSPS) is 30.4. The first kappa shape index (κ1) is 13.8. The molecule has 3 heteroatoms. The fourth-order valence-electron chi connectivity index (χ4n) is 3.88. The van der Waals surface area contributed by atoms with E-state index in [2.05, 4.69) is 29.2 Å². The maximum atomic E-state index is 12.3. The summed E-state index contributed by atoms with van der Waals surface area (Å²) >= 11 is 0. The van der Waals surface area contributed by atoms with Crippen LogP contribution in [0.25, 0.3) is 0 Å². The average Bonchev–Trinajstić information content (AvgIpc) is 2.47. The van der Waals surface area contributed by atoms with Crippen LogP contribution in [0.1, 0.15) is 31.2 Å². The van der Waals surface area contributed by atoms with Crippen LogP contribution in [0.15, 0.2) is 30.3 Å². The Morgan fingerprint density at radius 2 is 2.05 bits per heavy atom. The van der Waals surface area contributed by atoms with Crippen molar-refractivity contribution in [2.45, 2.75) is 38.3 Å². The lowest BCUT2D eigenvalue weighted by molar-refractivity contribution is -0.133. The average molecular weight is 273 g/mol. The van der Waals surface area contributed by atoms with Crippen LogP contribution in [0.4, 0.5) is 0 Å². The van der Waals surface area contributed by atoms with Gasteiger partial charge in [-0.15, -0.1) is 0 Å². The van der Waals surface area contributed by atoms with Gasteiger partial charge in [0, 0.05) is 31.5 Å². The highest BCUT2D eigenvalue weighted by Gasteiger charge is 2.42. The van der Waals surface area contributed by atoms with Crippen LogP contribution in [0.5, 0.6) is 0 Å². The lowest BCUT2D eigenvalue weighted by Gasteiger charge is -2.46. The van der Waals surface area contributed by atoms with Gasteiger partial charge in [-0.25, -0.2) is 0 Å². The molecule has 0 radical (unpaired) electrons. The van der Waals surface area contributed by atoms with Crippen molar-refractivity contribution in [1.82, 2.24) is 4.90 Å². The third-order valence-electron chi connectivity index (χ3n) is 4.90. The molecule has 108 valence electrons. The number of piperidine rings is 1. The Morgan fingerprint density at radius 1 is 1.25 bits per heavy atom. The molecule has 2 bridgehead atoms. The number of rotatable bonds is 4. The molecule has 0 spiro atoms. The number of benzene rings is 1. The fraction of sp³-hybridized carbons (Fsp3) is 0.588. The quantitative estimate of drug-likeness (QED) is 0.914. The standard InChI is InChI=1S/C17H23NO2/c19-9-7-15-16-10-14(11-17(15)20)6-8-18(16)12-13-4-2-1-3-5-13/h1-5,14-16,19H,6-12H2/t14-,15-,16+/m0/s1. The lowest BCUT2D eigenvalue weighted by Crippen LogP contribution is -2.52. The van der Waals surface area contributed by atoms with Gasteiger partial charge in [-0.1, -0.05) is 30.3 Å². The molecule has 0 amide bonds. The van der Waals surface area contributed by atoms with Gasteiger partial charge < -0.3 is 5.11 Å². The minimum atomic E-state index is 0.0419. The van der Waals surface area contributed by atoms with Gasteiger partial charge in [0.15, 0.2) is 0 Å². The number of hydrogen-bond donors (Lipinski definition) is 1. The van der Waals surface area contributed by atoms with Crippen molar-refractivity contribution in [3.8, 4) is 0 Å². The number of fused-ring (bicyclic) bond motifs is 2. The van der Waals surface area contributed by atoms with Crippen molar-refractivity contribution in [2.75, 3.05) is 13.2 Å². The third-order valence-corrected chi connectivity index (χ3v) is 4.90.